The van der Waals surface area contributed by atoms with Gasteiger partial charge in [0.1, 0.15) is 0 Å². The molecule has 3 rings (SSSR count). The number of aromatic nitrogens is 4. The average molecular weight is 333 g/mol. The first kappa shape index (κ1) is 16.7. The quantitative estimate of drug-likeness (QED) is 0.815. The summed E-state index contributed by atoms with van der Waals surface area (Å²) in [5.41, 5.74) is 0.509. The smallest absolute Gasteiger partial charge is 0.176 e. The van der Waals surface area contributed by atoms with E-state index in [0.29, 0.717) is 11.5 Å². The molecule has 1 fully saturated rings. The third-order valence-corrected chi connectivity index (χ3v) is 4.43. The van der Waals surface area contributed by atoms with Gasteiger partial charge in [0.15, 0.2) is 17.3 Å². The van der Waals surface area contributed by atoms with Crippen molar-refractivity contribution in [2.45, 2.75) is 19.4 Å². The lowest BCUT2D eigenvalue weighted by atomic mass is 10.0. The number of methoxy groups -OCH3 is 2. The van der Waals surface area contributed by atoms with Crippen molar-refractivity contribution in [3.8, 4) is 17.2 Å². The molecule has 0 N–H and O–H groups in total. The SMILES string of the molecule is COc1ccc(-n2nnnc2C(C)(C)N2CCOCC2)cc1OC. The molecule has 1 aromatic carbocycles. The maximum atomic E-state index is 5.45. The van der Waals surface area contributed by atoms with Crippen LogP contribution in [0.4, 0.5) is 0 Å². The second kappa shape index (κ2) is 6.74. The minimum Gasteiger partial charge on any atom is -0.493 e. The fraction of sp³-hybridized carbons (Fsp3) is 0.562. The monoisotopic (exact) mass is 333 g/mol. The van der Waals surface area contributed by atoms with Crippen LogP contribution in [0.2, 0.25) is 0 Å². The summed E-state index contributed by atoms with van der Waals surface area (Å²) in [5.74, 6) is 2.08. The van der Waals surface area contributed by atoms with Gasteiger partial charge >= 0.3 is 0 Å². The molecule has 1 aliphatic rings. The Morgan fingerprint density at radius 1 is 1.08 bits per heavy atom. The highest BCUT2D eigenvalue weighted by molar-refractivity contribution is 5.48. The molecule has 0 atom stereocenters. The molecule has 0 amide bonds. The number of tetrazole rings is 1. The first-order chi connectivity index (χ1) is 11.6. The zero-order valence-corrected chi connectivity index (χ0v) is 14.5. The summed E-state index contributed by atoms with van der Waals surface area (Å²) in [6, 6.07) is 5.63. The first-order valence-electron chi connectivity index (χ1n) is 7.92. The summed E-state index contributed by atoms with van der Waals surface area (Å²) in [4.78, 5) is 2.33. The van der Waals surface area contributed by atoms with Crippen molar-refractivity contribution in [1.82, 2.24) is 25.1 Å². The first-order valence-corrected chi connectivity index (χ1v) is 7.92. The zero-order valence-electron chi connectivity index (χ0n) is 14.5. The predicted molar refractivity (Wildman–Crippen MR) is 87.7 cm³/mol. The Morgan fingerprint density at radius 2 is 1.79 bits per heavy atom. The van der Waals surface area contributed by atoms with Gasteiger partial charge in [-0.25, -0.2) is 0 Å². The van der Waals surface area contributed by atoms with Gasteiger partial charge in [-0.1, -0.05) is 0 Å². The van der Waals surface area contributed by atoms with Crippen LogP contribution in [0.5, 0.6) is 11.5 Å². The standard InChI is InChI=1S/C16H23N5O3/c1-16(2,20-7-9-24-10-8-20)15-17-18-19-21(15)12-5-6-13(22-3)14(11-12)23-4/h5-6,11H,7-10H2,1-4H3. The maximum Gasteiger partial charge on any atom is 0.176 e. The van der Waals surface area contributed by atoms with E-state index in [-0.39, 0.29) is 5.54 Å². The molecular weight excluding hydrogens is 310 g/mol. The van der Waals surface area contributed by atoms with Crippen molar-refractivity contribution < 1.29 is 14.2 Å². The molecule has 1 aliphatic heterocycles. The number of rotatable bonds is 5. The van der Waals surface area contributed by atoms with Crippen LogP contribution in [-0.2, 0) is 10.3 Å². The van der Waals surface area contributed by atoms with Crippen molar-refractivity contribution in [3.63, 3.8) is 0 Å². The Bertz CT molecular complexity index is 695. The Hall–Kier alpha value is -2.19. The summed E-state index contributed by atoms with van der Waals surface area (Å²) < 4.78 is 17.9. The molecule has 0 bridgehead atoms. The Morgan fingerprint density at radius 3 is 2.46 bits per heavy atom. The number of morpholine rings is 1. The fourth-order valence-electron chi connectivity index (χ4n) is 2.96. The Balaban J connectivity index is 1.98. The highest BCUT2D eigenvalue weighted by Gasteiger charge is 2.35. The molecule has 8 nitrogen and oxygen atoms in total. The highest BCUT2D eigenvalue weighted by Crippen LogP contribution is 2.32. The van der Waals surface area contributed by atoms with E-state index >= 15 is 0 Å². The van der Waals surface area contributed by atoms with Crippen LogP contribution in [0.25, 0.3) is 5.69 Å². The van der Waals surface area contributed by atoms with Gasteiger partial charge in [0.25, 0.3) is 0 Å². The van der Waals surface area contributed by atoms with E-state index in [1.807, 2.05) is 18.2 Å². The van der Waals surface area contributed by atoms with Gasteiger partial charge in [-0.05, 0) is 36.4 Å². The van der Waals surface area contributed by atoms with Gasteiger partial charge in [0.2, 0.25) is 0 Å². The minimum absolute atomic E-state index is 0.319. The van der Waals surface area contributed by atoms with E-state index in [9.17, 15) is 0 Å². The fourth-order valence-corrected chi connectivity index (χ4v) is 2.96. The lowest BCUT2D eigenvalue weighted by molar-refractivity contribution is -0.0155. The highest BCUT2D eigenvalue weighted by atomic mass is 16.5. The number of benzene rings is 1. The molecule has 0 aliphatic carbocycles. The predicted octanol–water partition coefficient (Wildman–Crippen LogP) is 1.25. The van der Waals surface area contributed by atoms with Gasteiger partial charge in [-0.2, -0.15) is 4.68 Å². The van der Waals surface area contributed by atoms with Crippen LogP contribution in [-0.4, -0.2) is 65.6 Å². The molecule has 1 aromatic heterocycles. The van der Waals surface area contributed by atoms with Gasteiger partial charge in [0.05, 0.1) is 38.7 Å². The summed E-state index contributed by atoms with van der Waals surface area (Å²) in [5, 5.41) is 12.4. The van der Waals surface area contributed by atoms with E-state index < -0.39 is 0 Å². The third-order valence-electron chi connectivity index (χ3n) is 4.43. The van der Waals surface area contributed by atoms with Gasteiger partial charge < -0.3 is 14.2 Å². The topological polar surface area (TPSA) is 74.5 Å². The summed E-state index contributed by atoms with van der Waals surface area (Å²) >= 11 is 0. The molecule has 2 aromatic rings. The van der Waals surface area contributed by atoms with E-state index in [1.54, 1.807) is 18.9 Å². The van der Waals surface area contributed by atoms with Crippen LogP contribution in [0, 0.1) is 0 Å². The van der Waals surface area contributed by atoms with Crippen molar-refractivity contribution in [1.29, 1.82) is 0 Å². The van der Waals surface area contributed by atoms with Gasteiger partial charge in [0, 0.05) is 19.2 Å². The molecule has 1 saturated heterocycles. The number of hydrogen-bond acceptors (Lipinski definition) is 7. The molecule has 8 heteroatoms. The average Bonchev–Trinajstić information content (AvgIpc) is 3.12. The van der Waals surface area contributed by atoms with Crippen molar-refractivity contribution in [2.24, 2.45) is 0 Å². The Kier molecular flexibility index (Phi) is 4.68. The van der Waals surface area contributed by atoms with Gasteiger partial charge in [-0.3, -0.25) is 4.90 Å². The van der Waals surface area contributed by atoms with Crippen molar-refractivity contribution in [2.75, 3.05) is 40.5 Å². The molecule has 2 heterocycles. The molecule has 130 valence electrons. The summed E-state index contributed by atoms with van der Waals surface area (Å²) in [7, 11) is 3.22. The van der Waals surface area contributed by atoms with E-state index in [1.165, 1.54) is 0 Å². The zero-order chi connectivity index (χ0) is 17.2. The van der Waals surface area contributed by atoms with E-state index in [2.05, 4.69) is 34.3 Å². The normalized spacial score (nSPS) is 16.2. The van der Waals surface area contributed by atoms with E-state index in [4.69, 9.17) is 14.2 Å². The lowest BCUT2D eigenvalue weighted by Gasteiger charge is -2.39. The van der Waals surface area contributed by atoms with Crippen LogP contribution in [0.3, 0.4) is 0 Å². The Labute approximate surface area is 141 Å². The molecule has 0 radical (unpaired) electrons. The lowest BCUT2D eigenvalue weighted by Crippen LogP contribution is -2.49. The summed E-state index contributed by atoms with van der Waals surface area (Å²) in [6.07, 6.45) is 0. The van der Waals surface area contributed by atoms with Gasteiger partial charge in [-0.15, -0.1) is 5.10 Å². The van der Waals surface area contributed by atoms with Crippen molar-refractivity contribution >= 4 is 0 Å². The second-order valence-corrected chi connectivity index (χ2v) is 6.11. The number of hydrogen-bond donors (Lipinski definition) is 0. The minimum atomic E-state index is -0.319. The van der Waals surface area contributed by atoms with Crippen LogP contribution in [0.1, 0.15) is 19.7 Å². The van der Waals surface area contributed by atoms with Crippen molar-refractivity contribution in [3.05, 3.63) is 24.0 Å². The summed E-state index contributed by atoms with van der Waals surface area (Å²) in [6.45, 7) is 7.41. The number of nitrogens with zero attached hydrogens (tertiary/aromatic N) is 5. The molecule has 0 unspecified atom stereocenters. The molecule has 0 saturated carbocycles. The van der Waals surface area contributed by atoms with Crippen LogP contribution < -0.4 is 9.47 Å². The van der Waals surface area contributed by atoms with Crippen LogP contribution >= 0.6 is 0 Å². The molecular formula is C16H23N5O3. The molecule has 24 heavy (non-hydrogen) atoms. The molecule has 0 spiro atoms. The maximum absolute atomic E-state index is 5.45. The van der Waals surface area contributed by atoms with Crippen LogP contribution in [0.15, 0.2) is 18.2 Å². The van der Waals surface area contributed by atoms with E-state index in [0.717, 1.165) is 37.8 Å². The largest absolute Gasteiger partial charge is 0.493 e. The number of ether oxygens (including phenoxy) is 3. The second-order valence-electron chi connectivity index (χ2n) is 6.11. The third kappa shape index (κ3) is 2.94.